The van der Waals surface area contributed by atoms with Gasteiger partial charge in [-0.1, -0.05) is 0 Å². The van der Waals surface area contributed by atoms with Crippen molar-refractivity contribution in [3.8, 4) is 0 Å². The second-order valence-corrected chi connectivity index (χ2v) is 11.2. The first kappa shape index (κ1) is 33.4. The average Bonchev–Trinajstić information content (AvgIpc) is 2.90. The van der Waals surface area contributed by atoms with E-state index in [1.165, 1.54) is 6.92 Å². The highest BCUT2D eigenvalue weighted by molar-refractivity contribution is 5.81. The Balaban J connectivity index is 1.82. The number of carbonyl (C=O) groups is 1. The summed E-state index contributed by atoms with van der Waals surface area (Å²) in [6.45, 7) is 1.52. The smallest absolute Gasteiger partial charge is 0.251 e. The summed E-state index contributed by atoms with van der Waals surface area (Å²) < 4.78 is 23.8. The number of nitrogens with one attached hydrogen (secondary N) is 3. The van der Waals surface area contributed by atoms with Crippen molar-refractivity contribution in [2.75, 3.05) is 33.8 Å². The fourth-order valence-electron chi connectivity index (χ4n) is 5.57. The number of ether oxygens (including phenoxy) is 4. The number of aliphatic hydroxyl groups is 5. The fourth-order valence-corrected chi connectivity index (χ4v) is 5.57. The van der Waals surface area contributed by atoms with E-state index in [4.69, 9.17) is 36.1 Å². The maximum absolute atomic E-state index is 12.7. The maximum Gasteiger partial charge on any atom is 0.251 e. The third kappa shape index (κ3) is 7.64. The molecule has 0 aromatic heterocycles. The van der Waals surface area contributed by atoms with Crippen LogP contribution >= 0.6 is 0 Å². The van der Waals surface area contributed by atoms with Crippen molar-refractivity contribution in [2.24, 2.45) is 17.2 Å². The molecule has 2 heterocycles. The summed E-state index contributed by atoms with van der Waals surface area (Å²) in [5.74, 6) is -0.955. The fraction of sp³-hybridized carbons (Fsp3) is 0.958. The van der Waals surface area contributed by atoms with Gasteiger partial charge in [-0.3, -0.25) is 4.79 Å². The van der Waals surface area contributed by atoms with Crippen molar-refractivity contribution < 1.29 is 49.3 Å². The zero-order chi connectivity index (χ0) is 29.8. The molecule has 3 fully saturated rings. The third-order valence-electron chi connectivity index (χ3n) is 7.87. The second-order valence-electron chi connectivity index (χ2n) is 11.2. The Hall–Kier alpha value is -1.09. The molecule has 14 N–H and O–H groups in total. The zero-order valence-electron chi connectivity index (χ0n) is 23.3. The Labute approximate surface area is 233 Å². The van der Waals surface area contributed by atoms with E-state index >= 15 is 0 Å². The van der Waals surface area contributed by atoms with Crippen LogP contribution in [0.15, 0.2) is 0 Å². The molecule has 2 saturated heterocycles. The monoisotopic (exact) mass is 580 g/mol. The van der Waals surface area contributed by atoms with Gasteiger partial charge in [-0.15, -0.1) is 0 Å². The number of aliphatic hydroxyl groups excluding tert-OH is 4. The molecular formula is C24H48N6O10. The van der Waals surface area contributed by atoms with Crippen LogP contribution in [0.4, 0.5) is 0 Å². The van der Waals surface area contributed by atoms with Crippen LogP contribution in [0.25, 0.3) is 0 Å². The molecular weight excluding hydrogens is 532 g/mol. The molecule has 0 bridgehead atoms. The largest absolute Gasteiger partial charge is 0.389 e. The lowest BCUT2D eigenvalue weighted by Crippen LogP contribution is -2.69. The number of hydrogen-bond acceptors (Lipinski definition) is 15. The Morgan fingerprint density at radius 1 is 1.07 bits per heavy atom. The SMILES string of the molecule is CNC[C@@H]1CC[C@@H](N)[C@@H](O[C@H]2[C@H](O)[C@@H](O[C@H]3OC[C@](C)(O)[C@H](NC)[C@H]3O)[C@H](NC(=O)[C@@H](O)[C@H](O)CN)C[C@@H]2N)O1. The summed E-state index contributed by atoms with van der Waals surface area (Å²) in [7, 11) is 3.36. The van der Waals surface area contributed by atoms with Crippen LogP contribution in [-0.2, 0) is 23.7 Å². The van der Waals surface area contributed by atoms with Crippen molar-refractivity contribution in [2.45, 2.75) is 111 Å². The number of nitrogens with two attached hydrogens (primary N) is 3. The summed E-state index contributed by atoms with van der Waals surface area (Å²) in [4.78, 5) is 12.7. The molecule has 0 spiro atoms. The highest BCUT2D eigenvalue weighted by atomic mass is 16.7. The minimum atomic E-state index is -1.84. The molecule has 1 amide bonds. The van der Waals surface area contributed by atoms with Gasteiger partial charge in [0, 0.05) is 19.1 Å². The molecule has 234 valence electrons. The van der Waals surface area contributed by atoms with E-state index in [1.54, 1.807) is 14.1 Å². The van der Waals surface area contributed by atoms with E-state index in [0.29, 0.717) is 13.0 Å². The maximum atomic E-state index is 12.7. The van der Waals surface area contributed by atoms with Crippen LogP contribution in [0.2, 0.25) is 0 Å². The molecule has 2 aliphatic heterocycles. The van der Waals surface area contributed by atoms with Crippen LogP contribution in [-0.4, -0.2) is 150 Å². The molecule has 3 rings (SSSR count). The van der Waals surface area contributed by atoms with Crippen molar-refractivity contribution in [3.05, 3.63) is 0 Å². The molecule has 1 aliphatic carbocycles. The van der Waals surface area contributed by atoms with Crippen LogP contribution < -0.4 is 33.2 Å². The van der Waals surface area contributed by atoms with Gasteiger partial charge in [-0.25, -0.2) is 0 Å². The van der Waals surface area contributed by atoms with Crippen LogP contribution in [0, 0.1) is 0 Å². The zero-order valence-corrected chi connectivity index (χ0v) is 23.3. The standard InChI is InChI=1S/C24H48N6O10/c1-24(36)9-37-23(17(34)20(24)29-3)40-19-13(30-21(35)15(32)14(31)7-25)6-12(27)18(16(19)33)39-22-11(26)5-4-10(38-22)8-28-2/h10-20,22-23,28-29,31-34,36H,4-9,25-27H2,1-3H3,(H,30,35)/t10-,11+,12-,13+,14+,15-,16-,17+,18+,19-,20+,22+,23+,24-/m0/s1. The molecule has 16 heteroatoms. The predicted molar refractivity (Wildman–Crippen MR) is 140 cm³/mol. The van der Waals surface area contributed by atoms with Gasteiger partial charge in [0.15, 0.2) is 18.7 Å². The van der Waals surface area contributed by atoms with Gasteiger partial charge in [0.2, 0.25) is 0 Å². The van der Waals surface area contributed by atoms with Crippen LogP contribution in [0.5, 0.6) is 0 Å². The lowest BCUT2D eigenvalue weighted by molar-refractivity contribution is -0.307. The summed E-state index contributed by atoms with van der Waals surface area (Å²) in [6, 6.07) is -3.14. The van der Waals surface area contributed by atoms with Gasteiger partial charge in [0.05, 0.1) is 30.8 Å². The van der Waals surface area contributed by atoms with Gasteiger partial charge < -0.3 is 77.6 Å². The van der Waals surface area contributed by atoms with Gasteiger partial charge in [-0.2, -0.15) is 0 Å². The number of amides is 1. The first-order chi connectivity index (χ1) is 18.8. The van der Waals surface area contributed by atoms with Crippen molar-refractivity contribution in [3.63, 3.8) is 0 Å². The quantitative estimate of drug-likeness (QED) is 0.109. The minimum absolute atomic E-state index is 0.0153. The lowest BCUT2D eigenvalue weighted by atomic mass is 9.83. The van der Waals surface area contributed by atoms with E-state index in [0.717, 1.165) is 6.42 Å². The Morgan fingerprint density at radius 2 is 1.75 bits per heavy atom. The first-order valence-corrected chi connectivity index (χ1v) is 13.7. The van der Waals surface area contributed by atoms with E-state index in [9.17, 15) is 30.3 Å². The van der Waals surface area contributed by atoms with E-state index < -0.39 is 84.9 Å². The number of hydrogen-bond donors (Lipinski definition) is 11. The molecule has 0 aromatic carbocycles. The van der Waals surface area contributed by atoms with Gasteiger partial charge in [0.1, 0.15) is 36.1 Å². The van der Waals surface area contributed by atoms with E-state index in [2.05, 4.69) is 16.0 Å². The Bertz CT molecular complexity index is 814. The Morgan fingerprint density at radius 3 is 2.38 bits per heavy atom. The first-order valence-electron chi connectivity index (χ1n) is 13.7. The van der Waals surface area contributed by atoms with Gasteiger partial charge >= 0.3 is 0 Å². The second kappa shape index (κ2) is 14.4. The van der Waals surface area contributed by atoms with E-state index in [-0.39, 0.29) is 25.7 Å². The normalized spacial score (nSPS) is 44.1. The summed E-state index contributed by atoms with van der Waals surface area (Å²) >= 11 is 0. The number of likely N-dealkylation sites (N-methyl/N-ethyl adjacent to an activating group) is 2. The molecule has 3 aliphatic rings. The number of rotatable bonds is 11. The number of carbonyl (C=O) groups excluding carboxylic acids is 1. The molecule has 16 nitrogen and oxygen atoms in total. The summed E-state index contributed by atoms with van der Waals surface area (Å²) in [5, 5.41) is 61.4. The van der Waals surface area contributed by atoms with Crippen molar-refractivity contribution in [1.29, 1.82) is 0 Å². The van der Waals surface area contributed by atoms with Gasteiger partial charge in [0.25, 0.3) is 5.91 Å². The molecule has 0 aromatic rings. The topological polar surface area (TPSA) is 269 Å². The van der Waals surface area contributed by atoms with Crippen LogP contribution in [0.3, 0.4) is 0 Å². The molecule has 0 unspecified atom stereocenters. The average molecular weight is 581 g/mol. The summed E-state index contributed by atoms with van der Waals surface area (Å²) in [5.41, 5.74) is 16.6. The highest BCUT2D eigenvalue weighted by Gasteiger charge is 2.52. The molecule has 1 saturated carbocycles. The molecule has 0 radical (unpaired) electrons. The molecule has 40 heavy (non-hydrogen) atoms. The Kier molecular flexibility index (Phi) is 12.0. The third-order valence-corrected chi connectivity index (χ3v) is 7.87. The van der Waals surface area contributed by atoms with Crippen molar-refractivity contribution in [1.82, 2.24) is 16.0 Å². The van der Waals surface area contributed by atoms with Crippen LogP contribution in [0.1, 0.15) is 26.2 Å². The van der Waals surface area contributed by atoms with Gasteiger partial charge in [-0.05, 0) is 40.3 Å². The minimum Gasteiger partial charge on any atom is -0.389 e. The predicted octanol–water partition coefficient (Wildman–Crippen LogP) is -5.88. The lowest BCUT2D eigenvalue weighted by Gasteiger charge is -2.49. The summed E-state index contributed by atoms with van der Waals surface area (Å²) in [6.07, 6.45) is -9.48. The molecule has 14 atom stereocenters. The van der Waals surface area contributed by atoms with Crippen molar-refractivity contribution >= 4 is 5.91 Å². The van der Waals surface area contributed by atoms with E-state index in [1.807, 2.05) is 0 Å². The highest BCUT2D eigenvalue weighted by Crippen LogP contribution is 2.32.